The average molecular weight is 394 g/mol. The van der Waals surface area contributed by atoms with Gasteiger partial charge in [0.1, 0.15) is 0 Å². The maximum atomic E-state index is 12.9. The number of rotatable bonds is 5. The Morgan fingerprint density at radius 3 is 2.15 bits per heavy atom. The third kappa shape index (κ3) is 4.89. The molecule has 1 aromatic rings. The van der Waals surface area contributed by atoms with Crippen LogP contribution < -0.4 is 0 Å². The van der Waals surface area contributed by atoms with Crippen LogP contribution in [0.15, 0.2) is 29.2 Å². The Labute approximate surface area is 163 Å². The van der Waals surface area contributed by atoms with Gasteiger partial charge in [-0.2, -0.15) is 4.31 Å². The third-order valence-corrected chi connectivity index (χ3v) is 7.55. The fourth-order valence-electron chi connectivity index (χ4n) is 4.05. The summed E-state index contributed by atoms with van der Waals surface area (Å²) in [5.41, 5.74) is 1.26. The molecular weight excluding hydrogens is 362 g/mol. The molecule has 2 aliphatic rings. The van der Waals surface area contributed by atoms with Crippen LogP contribution in [0.5, 0.6) is 0 Å². The summed E-state index contributed by atoms with van der Waals surface area (Å²) >= 11 is 0. The zero-order valence-electron chi connectivity index (χ0n) is 16.4. The van der Waals surface area contributed by atoms with E-state index in [4.69, 9.17) is 0 Å². The van der Waals surface area contributed by atoms with Crippen LogP contribution in [0.3, 0.4) is 0 Å². The zero-order valence-corrected chi connectivity index (χ0v) is 17.2. The molecule has 0 spiro atoms. The van der Waals surface area contributed by atoms with Crippen molar-refractivity contribution >= 4 is 15.9 Å². The first-order valence-corrected chi connectivity index (χ1v) is 11.3. The van der Waals surface area contributed by atoms with Crippen LogP contribution in [0, 0.1) is 0 Å². The van der Waals surface area contributed by atoms with E-state index in [9.17, 15) is 13.2 Å². The van der Waals surface area contributed by atoms with E-state index >= 15 is 0 Å². The van der Waals surface area contributed by atoms with Gasteiger partial charge in [-0.3, -0.25) is 4.79 Å². The molecule has 1 amide bonds. The minimum Gasteiger partial charge on any atom is -0.339 e. The molecule has 1 aliphatic carbocycles. The second-order valence-electron chi connectivity index (χ2n) is 7.93. The molecule has 2 fully saturated rings. The lowest BCUT2D eigenvalue weighted by atomic mass is 9.84. The number of likely N-dealkylation sites (N-methyl/N-ethyl adjacent to an activating group) is 1. The Bertz CT molecular complexity index is 732. The van der Waals surface area contributed by atoms with Gasteiger partial charge >= 0.3 is 0 Å². The second-order valence-corrected chi connectivity index (χ2v) is 9.86. The van der Waals surface area contributed by atoms with Crippen molar-refractivity contribution in [1.82, 2.24) is 14.1 Å². The second kappa shape index (κ2) is 8.71. The minimum absolute atomic E-state index is 0.0499. The zero-order chi connectivity index (χ0) is 19.4. The molecule has 1 saturated carbocycles. The molecule has 1 aromatic carbocycles. The highest BCUT2D eigenvalue weighted by Gasteiger charge is 2.30. The molecule has 0 aromatic heterocycles. The molecule has 1 heterocycles. The smallest absolute Gasteiger partial charge is 0.243 e. The fraction of sp³-hybridized carbons (Fsp3) is 0.650. The largest absolute Gasteiger partial charge is 0.339 e. The molecule has 0 unspecified atom stereocenters. The molecule has 27 heavy (non-hydrogen) atoms. The molecule has 0 radical (unpaired) electrons. The van der Waals surface area contributed by atoms with Gasteiger partial charge in [0.15, 0.2) is 0 Å². The van der Waals surface area contributed by atoms with Gasteiger partial charge in [-0.25, -0.2) is 8.42 Å². The van der Waals surface area contributed by atoms with E-state index in [2.05, 4.69) is 0 Å². The highest BCUT2D eigenvalue weighted by molar-refractivity contribution is 7.89. The predicted molar refractivity (Wildman–Crippen MR) is 106 cm³/mol. The van der Waals surface area contributed by atoms with Crippen molar-refractivity contribution in [3.63, 3.8) is 0 Å². The van der Waals surface area contributed by atoms with E-state index in [0.717, 1.165) is 0 Å². The van der Waals surface area contributed by atoms with Gasteiger partial charge in [-0.05, 0) is 50.6 Å². The van der Waals surface area contributed by atoms with Crippen molar-refractivity contribution in [2.45, 2.75) is 42.9 Å². The molecule has 0 N–H and O–H groups in total. The van der Waals surface area contributed by atoms with E-state index in [0.29, 0.717) is 43.5 Å². The number of piperazine rings is 1. The van der Waals surface area contributed by atoms with Crippen molar-refractivity contribution in [2.75, 3.05) is 46.8 Å². The number of nitrogens with zero attached hydrogens (tertiary/aromatic N) is 3. The SMILES string of the molecule is CN(C)CC(=O)N1CCN(S(=O)(=O)c2ccc(C3CCCCC3)cc2)CC1. The lowest BCUT2D eigenvalue weighted by Gasteiger charge is -2.34. The lowest BCUT2D eigenvalue weighted by Crippen LogP contribution is -2.52. The molecule has 150 valence electrons. The van der Waals surface area contributed by atoms with E-state index < -0.39 is 10.0 Å². The summed E-state index contributed by atoms with van der Waals surface area (Å²) in [4.78, 5) is 16.1. The topological polar surface area (TPSA) is 60.9 Å². The maximum Gasteiger partial charge on any atom is 0.243 e. The molecule has 0 bridgehead atoms. The highest BCUT2D eigenvalue weighted by Crippen LogP contribution is 2.33. The van der Waals surface area contributed by atoms with E-state index in [1.165, 1.54) is 42.0 Å². The van der Waals surface area contributed by atoms with Crippen LogP contribution in [-0.2, 0) is 14.8 Å². The van der Waals surface area contributed by atoms with Crippen molar-refractivity contribution in [3.05, 3.63) is 29.8 Å². The van der Waals surface area contributed by atoms with Gasteiger partial charge < -0.3 is 9.80 Å². The van der Waals surface area contributed by atoms with E-state index in [1.807, 2.05) is 31.1 Å². The van der Waals surface area contributed by atoms with Gasteiger partial charge in [0.05, 0.1) is 11.4 Å². The van der Waals surface area contributed by atoms with Gasteiger partial charge in [0.2, 0.25) is 15.9 Å². The summed E-state index contributed by atoms with van der Waals surface area (Å²) in [5.74, 6) is 0.621. The minimum atomic E-state index is -3.50. The van der Waals surface area contributed by atoms with Gasteiger partial charge in [0, 0.05) is 26.2 Å². The van der Waals surface area contributed by atoms with Crippen molar-refractivity contribution < 1.29 is 13.2 Å². The quantitative estimate of drug-likeness (QED) is 0.769. The van der Waals surface area contributed by atoms with Crippen molar-refractivity contribution in [3.8, 4) is 0 Å². The first kappa shape index (κ1) is 20.3. The van der Waals surface area contributed by atoms with Crippen LogP contribution in [-0.4, -0.2) is 75.2 Å². The molecule has 3 rings (SSSR count). The Balaban J connectivity index is 1.62. The summed E-state index contributed by atoms with van der Waals surface area (Å²) in [6.45, 7) is 1.96. The number of hydrogen-bond donors (Lipinski definition) is 0. The average Bonchev–Trinajstić information content (AvgIpc) is 2.68. The number of benzene rings is 1. The predicted octanol–water partition coefficient (Wildman–Crippen LogP) is 2.13. The molecule has 0 atom stereocenters. The number of carbonyl (C=O) groups is 1. The van der Waals surface area contributed by atoms with Crippen LogP contribution in [0.25, 0.3) is 0 Å². The molecule has 6 nitrogen and oxygen atoms in total. The molecule has 7 heteroatoms. The number of amides is 1. The Hall–Kier alpha value is -1.44. The van der Waals surface area contributed by atoms with Crippen molar-refractivity contribution in [1.29, 1.82) is 0 Å². The van der Waals surface area contributed by atoms with Crippen molar-refractivity contribution in [2.24, 2.45) is 0 Å². The third-order valence-electron chi connectivity index (χ3n) is 5.64. The van der Waals surface area contributed by atoms with Gasteiger partial charge in [-0.1, -0.05) is 31.4 Å². The Morgan fingerprint density at radius 1 is 1.00 bits per heavy atom. The standard InChI is InChI=1S/C20H31N3O3S/c1-21(2)16-20(24)22-12-14-23(15-13-22)27(25,26)19-10-8-18(9-11-19)17-6-4-3-5-7-17/h8-11,17H,3-7,12-16H2,1-2H3. The summed E-state index contributed by atoms with van der Waals surface area (Å²) in [6.07, 6.45) is 6.25. The van der Waals surface area contributed by atoms with Crippen LogP contribution in [0.1, 0.15) is 43.6 Å². The monoisotopic (exact) mass is 393 g/mol. The van der Waals surface area contributed by atoms with Gasteiger partial charge in [0.25, 0.3) is 0 Å². The first-order valence-electron chi connectivity index (χ1n) is 9.90. The van der Waals surface area contributed by atoms with Crippen LogP contribution in [0.2, 0.25) is 0 Å². The Morgan fingerprint density at radius 2 is 1.59 bits per heavy atom. The lowest BCUT2D eigenvalue weighted by molar-refractivity contribution is -0.133. The maximum absolute atomic E-state index is 12.9. The van der Waals surface area contributed by atoms with Gasteiger partial charge in [-0.15, -0.1) is 0 Å². The van der Waals surface area contributed by atoms with Crippen LogP contribution in [0.4, 0.5) is 0 Å². The molecule has 1 aliphatic heterocycles. The highest BCUT2D eigenvalue weighted by atomic mass is 32.2. The molecule has 1 saturated heterocycles. The summed E-state index contributed by atoms with van der Waals surface area (Å²) in [5, 5.41) is 0. The van der Waals surface area contributed by atoms with E-state index in [1.54, 1.807) is 17.0 Å². The van der Waals surface area contributed by atoms with Crippen LogP contribution >= 0.6 is 0 Å². The number of sulfonamides is 1. The fourth-order valence-corrected chi connectivity index (χ4v) is 5.47. The first-order chi connectivity index (χ1) is 12.9. The summed E-state index contributed by atoms with van der Waals surface area (Å²) in [7, 11) is 0.217. The molecular formula is C20H31N3O3S. The number of hydrogen-bond acceptors (Lipinski definition) is 4. The summed E-state index contributed by atoms with van der Waals surface area (Å²) in [6, 6.07) is 7.48. The normalized spacial score (nSPS) is 20.2. The Kier molecular flexibility index (Phi) is 6.55. The number of carbonyl (C=O) groups excluding carboxylic acids is 1. The summed E-state index contributed by atoms with van der Waals surface area (Å²) < 4.78 is 27.4. The van der Waals surface area contributed by atoms with E-state index in [-0.39, 0.29) is 5.91 Å².